The molecule has 2 nitrogen and oxygen atoms in total. The van der Waals surface area contributed by atoms with Crippen LogP contribution in [0.1, 0.15) is 25.7 Å². The molecule has 1 aromatic carbocycles. The Hall–Kier alpha value is -1.05. The van der Waals surface area contributed by atoms with E-state index >= 15 is 0 Å². The molecule has 0 aromatic heterocycles. The Kier molecular flexibility index (Phi) is 4.26. The van der Waals surface area contributed by atoms with E-state index in [1.807, 2.05) is 0 Å². The lowest BCUT2D eigenvalue weighted by Gasteiger charge is -2.23. The molecule has 0 aliphatic heterocycles. The maximum absolute atomic E-state index is 12.7. The van der Waals surface area contributed by atoms with E-state index in [2.05, 4.69) is 6.07 Å². The van der Waals surface area contributed by atoms with Crippen LogP contribution in [0, 0.1) is 23.1 Å². The molecule has 0 saturated heterocycles. The maximum atomic E-state index is 12.7. The van der Waals surface area contributed by atoms with E-state index in [1.54, 1.807) is 23.9 Å². The Morgan fingerprint density at radius 2 is 2.17 bits per heavy atom. The van der Waals surface area contributed by atoms with Crippen LogP contribution in [0.2, 0.25) is 0 Å². The summed E-state index contributed by atoms with van der Waals surface area (Å²) in [6.45, 7) is 0. The summed E-state index contributed by atoms with van der Waals surface area (Å²) in [5.41, 5.74) is 5.46. The third-order valence-corrected chi connectivity index (χ3v) is 4.67. The first-order valence-corrected chi connectivity index (χ1v) is 7.21. The number of hydrogen-bond donors (Lipinski definition) is 1. The van der Waals surface area contributed by atoms with Crippen molar-refractivity contribution in [1.82, 2.24) is 0 Å². The molecule has 96 valence electrons. The van der Waals surface area contributed by atoms with Crippen molar-refractivity contribution < 1.29 is 4.39 Å². The van der Waals surface area contributed by atoms with E-state index in [4.69, 9.17) is 11.0 Å². The highest BCUT2D eigenvalue weighted by Crippen LogP contribution is 2.36. The number of rotatable bonds is 4. The van der Waals surface area contributed by atoms with Crippen molar-refractivity contribution in [1.29, 1.82) is 5.26 Å². The van der Waals surface area contributed by atoms with Crippen molar-refractivity contribution in [3.63, 3.8) is 0 Å². The molecule has 1 saturated carbocycles. The van der Waals surface area contributed by atoms with Gasteiger partial charge in [0.15, 0.2) is 0 Å². The predicted octanol–water partition coefficient (Wildman–Crippen LogP) is 3.33. The second kappa shape index (κ2) is 5.73. The molecule has 2 rings (SSSR count). The van der Waals surface area contributed by atoms with Gasteiger partial charge in [-0.05, 0) is 55.2 Å². The normalized spacial score (nSPS) is 27.1. The molecule has 2 N–H and O–H groups in total. The van der Waals surface area contributed by atoms with Crippen LogP contribution in [-0.2, 0) is 0 Å². The first-order chi connectivity index (χ1) is 8.64. The molecule has 2 atom stereocenters. The zero-order valence-corrected chi connectivity index (χ0v) is 11.0. The second-order valence-electron chi connectivity index (χ2n) is 4.83. The van der Waals surface area contributed by atoms with Gasteiger partial charge >= 0.3 is 0 Å². The van der Waals surface area contributed by atoms with Crippen molar-refractivity contribution >= 4 is 11.8 Å². The van der Waals surface area contributed by atoms with Crippen LogP contribution in [0.4, 0.5) is 4.39 Å². The van der Waals surface area contributed by atoms with Crippen LogP contribution in [0.5, 0.6) is 0 Å². The monoisotopic (exact) mass is 264 g/mol. The number of nitrogens with zero attached hydrogens (tertiary/aromatic N) is 1. The minimum absolute atomic E-state index is 0.208. The molecule has 0 radical (unpaired) electrons. The summed E-state index contributed by atoms with van der Waals surface area (Å²) in [5.74, 6) is 1.02. The second-order valence-corrected chi connectivity index (χ2v) is 6.00. The smallest absolute Gasteiger partial charge is 0.123 e. The Morgan fingerprint density at radius 1 is 1.44 bits per heavy atom. The van der Waals surface area contributed by atoms with Gasteiger partial charge in [-0.15, -0.1) is 11.8 Å². The van der Waals surface area contributed by atoms with Crippen molar-refractivity contribution in [3.8, 4) is 6.07 Å². The standard InChI is InChI=1S/C14H17FN2S/c15-12-3-5-13(6-4-12)18-9-7-11-2-1-8-14(11,17)10-16/h3-6,11H,1-2,7-9,17H2. The number of nitrogens with two attached hydrogens (primary N) is 1. The van der Waals surface area contributed by atoms with Gasteiger partial charge < -0.3 is 5.73 Å². The summed E-state index contributed by atoms with van der Waals surface area (Å²) >= 11 is 1.70. The minimum atomic E-state index is -0.622. The van der Waals surface area contributed by atoms with Crippen molar-refractivity contribution in [3.05, 3.63) is 30.1 Å². The van der Waals surface area contributed by atoms with Gasteiger partial charge in [0.2, 0.25) is 0 Å². The fourth-order valence-corrected chi connectivity index (χ4v) is 3.47. The van der Waals surface area contributed by atoms with E-state index < -0.39 is 5.54 Å². The fraction of sp³-hybridized carbons (Fsp3) is 0.500. The van der Waals surface area contributed by atoms with E-state index in [0.29, 0.717) is 5.92 Å². The minimum Gasteiger partial charge on any atom is -0.313 e. The molecular formula is C14H17FN2S. The molecule has 1 aliphatic rings. The van der Waals surface area contributed by atoms with Crippen LogP contribution >= 0.6 is 11.8 Å². The molecule has 1 aromatic rings. The average Bonchev–Trinajstić information content (AvgIpc) is 2.74. The molecule has 2 unspecified atom stereocenters. The molecule has 4 heteroatoms. The van der Waals surface area contributed by atoms with Gasteiger partial charge in [-0.2, -0.15) is 5.26 Å². The molecule has 1 aliphatic carbocycles. The number of halogens is 1. The lowest BCUT2D eigenvalue weighted by molar-refractivity contribution is 0.389. The highest BCUT2D eigenvalue weighted by molar-refractivity contribution is 7.99. The number of hydrogen-bond acceptors (Lipinski definition) is 3. The van der Waals surface area contributed by atoms with Gasteiger partial charge in [0.1, 0.15) is 11.4 Å². The third-order valence-electron chi connectivity index (χ3n) is 3.63. The summed E-state index contributed by atoms with van der Waals surface area (Å²) in [4.78, 5) is 1.06. The molecule has 0 spiro atoms. The molecule has 1 fully saturated rings. The van der Waals surface area contributed by atoms with Gasteiger partial charge in [0, 0.05) is 4.90 Å². The summed E-state index contributed by atoms with van der Waals surface area (Å²) in [6.07, 6.45) is 3.87. The number of benzene rings is 1. The lowest BCUT2D eigenvalue weighted by atomic mass is 9.88. The SMILES string of the molecule is N#CC1(N)CCCC1CCSc1ccc(F)cc1. The highest BCUT2D eigenvalue weighted by atomic mass is 32.2. The first kappa shape index (κ1) is 13.4. The fourth-order valence-electron chi connectivity index (χ4n) is 2.50. The summed E-state index contributed by atoms with van der Waals surface area (Å²) in [5, 5.41) is 9.12. The van der Waals surface area contributed by atoms with Crippen molar-refractivity contribution in [2.45, 2.75) is 36.1 Å². The van der Waals surface area contributed by atoms with Gasteiger partial charge in [-0.25, -0.2) is 4.39 Å². The molecular weight excluding hydrogens is 247 g/mol. The van der Waals surface area contributed by atoms with Crippen LogP contribution in [0.25, 0.3) is 0 Å². The Labute approximate surface area is 111 Å². The van der Waals surface area contributed by atoms with Crippen LogP contribution in [0.3, 0.4) is 0 Å². The van der Waals surface area contributed by atoms with Gasteiger partial charge in [0.25, 0.3) is 0 Å². The molecule has 0 bridgehead atoms. The molecule has 0 heterocycles. The highest BCUT2D eigenvalue weighted by Gasteiger charge is 2.39. The molecule has 0 amide bonds. The Bertz CT molecular complexity index is 440. The number of nitriles is 1. The largest absolute Gasteiger partial charge is 0.313 e. The summed E-state index contributed by atoms with van der Waals surface area (Å²) in [7, 11) is 0. The quantitative estimate of drug-likeness (QED) is 0.849. The molecule has 18 heavy (non-hydrogen) atoms. The van der Waals surface area contributed by atoms with E-state index in [-0.39, 0.29) is 5.82 Å². The average molecular weight is 264 g/mol. The van der Waals surface area contributed by atoms with E-state index in [9.17, 15) is 4.39 Å². The Morgan fingerprint density at radius 3 is 2.83 bits per heavy atom. The summed E-state index contributed by atoms with van der Waals surface area (Å²) < 4.78 is 12.7. The number of thioether (sulfide) groups is 1. The Balaban J connectivity index is 1.82. The predicted molar refractivity (Wildman–Crippen MR) is 71.6 cm³/mol. The zero-order chi connectivity index (χ0) is 13.0. The summed E-state index contributed by atoms with van der Waals surface area (Å²) in [6, 6.07) is 8.78. The van der Waals surface area contributed by atoms with Crippen molar-refractivity contribution in [2.75, 3.05) is 5.75 Å². The lowest BCUT2D eigenvalue weighted by Crippen LogP contribution is -2.41. The van der Waals surface area contributed by atoms with Gasteiger partial charge in [-0.3, -0.25) is 0 Å². The van der Waals surface area contributed by atoms with Crippen LogP contribution in [-0.4, -0.2) is 11.3 Å². The first-order valence-electron chi connectivity index (χ1n) is 6.22. The zero-order valence-electron chi connectivity index (χ0n) is 10.2. The van der Waals surface area contributed by atoms with Gasteiger partial charge in [0.05, 0.1) is 6.07 Å². The van der Waals surface area contributed by atoms with Crippen molar-refractivity contribution in [2.24, 2.45) is 11.7 Å². The van der Waals surface area contributed by atoms with E-state index in [1.165, 1.54) is 12.1 Å². The van der Waals surface area contributed by atoms with Crippen LogP contribution < -0.4 is 5.73 Å². The van der Waals surface area contributed by atoms with E-state index in [0.717, 1.165) is 36.3 Å². The topological polar surface area (TPSA) is 49.8 Å². The maximum Gasteiger partial charge on any atom is 0.123 e. The van der Waals surface area contributed by atoms with Gasteiger partial charge in [-0.1, -0.05) is 6.42 Å². The third kappa shape index (κ3) is 3.04. The van der Waals surface area contributed by atoms with Crippen LogP contribution in [0.15, 0.2) is 29.2 Å².